The van der Waals surface area contributed by atoms with Crippen LogP contribution in [0.15, 0.2) is 18.3 Å². The van der Waals surface area contributed by atoms with Crippen molar-refractivity contribution in [3.8, 4) is 0 Å². The average Bonchev–Trinajstić information content (AvgIpc) is 2.38. The summed E-state index contributed by atoms with van der Waals surface area (Å²) in [6, 6.07) is 2.78. The minimum Gasteiger partial charge on any atom is -0.355 e. The number of aromatic nitrogens is 1. The zero-order valence-corrected chi connectivity index (χ0v) is 12.6. The largest absolute Gasteiger partial charge is 0.355 e. The average molecular weight is 297 g/mol. The molecule has 1 amide bonds. The molecule has 1 aromatic rings. The van der Waals surface area contributed by atoms with Crippen LogP contribution in [0.4, 0.5) is 14.6 Å². The number of hydrogen-bond donors (Lipinski definition) is 0. The number of hydrogen-bond acceptors (Lipinski definition) is 3. The molecule has 1 spiro atoms. The summed E-state index contributed by atoms with van der Waals surface area (Å²) in [6.45, 7) is 8.69. The van der Waals surface area contributed by atoms with E-state index in [4.69, 9.17) is 0 Å². The van der Waals surface area contributed by atoms with E-state index in [1.807, 2.05) is 18.7 Å². The first-order valence-electron chi connectivity index (χ1n) is 7.24. The molecule has 0 aromatic carbocycles. The number of alkyl halides is 2. The van der Waals surface area contributed by atoms with Gasteiger partial charge in [-0.15, -0.1) is 0 Å². The van der Waals surface area contributed by atoms with Crippen molar-refractivity contribution in [2.75, 3.05) is 31.1 Å². The van der Waals surface area contributed by atoms with Gasteiger partial charge in [0.15, 0.2) is 0 Å². The fourth-order valence-electron chi connectivity index (χ4n) is 2.85. The van der Waals surface area contributed by atoms with Crippen LogP contribution in [0.25, 0.3) is 0 Å². The molecule has 0 bridgehead atoms. The molecule has 3 heterocycles. The summed E-state index contributed by atoms with van der Waals surface area (Å²) in [5.41, 5.74) is 0.165. The third kappa shape index (κ3) is 2.99. The molecule has 3 rings (SSSR count). The molecule has 1 aromatic heterocycles. The van der Waals surface area contributed by atoms with Gasteiger partial charge >= 0.3 is 0 Å². The van der Waals surface area contributed by atoms with E-state index < -0.39 is 6.43 Å². The van der Waals surface area contributed by atoms with E-state index in [1.54, 1.807) is 11.8 Å². The molecule has 21 heavy (non-hydrogen) atoms. The summed E-state index contributed by atoms with van der Waals surface area (Å²) in [7, 11) is 0. The zero-order valence-electron chi connectivity index (χ0n) is 12.6. The van der Waals surface area contributed by atoms with E-state index in [0.29, 0.717) is 5.82 Å². The Morgan fingerprint density at radius 3 is 2.43 bits per heavy atom. The molecule has 0 radical (unpaired) electrons. The third-order valence-corrected chi connectivity index (χ3v) is 3.90. The Labute approximate surface area is 123 Å². The van der Waals surface area contributed by atoms with E-state index in [1.165, 1.54) is 18.3 Å². The van der Waals surface area contributed by atoms with Gasteiger partial charge in [0.25, 0.3) is 6.43 Å². The number of amides is 1. The van der Waals surface area contributed by atoms with Crippen LogP contribution in [0, 0.1) is 5.41 Å². The third-order valence-electron chi connectivity index (χ3n) is 3.90. The Kier molecular flexibility index (Phi) is 4.44. The second kappa shape index (κ2) is 5.95. The molecular weight excluding hydrogens is 276 g/mol. The van der Waals surface area contributed by atoms with Crippen LogP contribution in [-0.4, -0.2) is 42.0 Å². The highest BCUT2D eigenvalue weighted by molar-refractivity contribution is 5.74. The summed E-state index contributed by atoms with van der Waals surface area (Å²) in [4.78, 5) is 19.1. The van der Waals surface area contributed by atoms with Crippen LogP contribution in [-0.2, 0) is 4.79 Å². The van der Waals surface area contributed by atoms with Gasteiger partial charge in [0.2, 0.25) is 5.91 Å². The first-order chi connectivity index (χ1) is 9.99. The van der Waals surface area contributed by atoms with E-state index in [-0.39, 0.29) is 16.9 Å². The van der Waals surface area contributed by atoms with Crippen molar-refractivity contribution in [1.82, 2.24) is 9.88 Å². The van der Waals surface area contributed by atoms with Crippen LogP contribution in [0.3, 0.4) is 0 Å². The molecule has 0 unspecified atom stereocenters. The van der Waals surface area contributed by atoms with Crippen LogP contribution in [0.1, 0.15) is 32.8 Å². The van der Waals surface area contributed by atoms with Gasteiger partial charge < -0.3 is 9.80 Å². The minimum absolute atomic E-state index is 0.00456. The summed E-state index contributed by atoms with van der Waals surface area (Å²) in [5.74, 6) is 0.701. The van der Waals surface area contributed by atoms with Gasteiger partial charge in [-0.05, 0) is 12.1 Å². The van der Waals surface area contributed by atoms with Crippen molar-refractivity contribution in [3.05, 3.63) is 23.9 Å². The van der Waals surface area contributed by atoms with Crippen molar-refractivity contribution in [2.24, 2.45) is 5.41 Å². The topological polar surface area (TPSA) is 36.4 Å². The van der Waals surface area contributed by atoms with Gasteiger partial charge in [-0.1, -0.05) is 13.8 Å². The lowest BCUT2D eigenvalue weighted by atomic mass is 9.73. The van der Waals surface area contributed by atoms with Crippen molar-refractivity contribution in [2.45, 2.75) is 27.2 Å². The summed E-state index contributed by atoms with van der Waals surface area (Å²) >= 11 is 0. The van der Waals surface area contributed by atoms with E-state index in [2.05, 4.69) is 4.98 Å². The number of carbonyl (C=O) groups is 1. The predicted molar refractivity (Wildman–Crippen MR) is 77.4 cm³/mol. The van der Waals surface area contributed by atoms with Crippen LogP contribution in [0.5, 0.6) is 0 Å². The van der Waals surface area contributed by atoms with Crippen molar-refractivity contribution in [1.29, 1.82) is 0 Å². The predicted octanol–water partition coefficient (Wildman–Crippen LogP) is 2.71. The zero-order chi connectivity index (χ0) is 15.6. The number of carbonyl (C=O) groups excluding carboxylic acids is 1. The van der Waals surface area contributed by atoms with Crippen LogP contribution in [0.2, 0.25) is 0 Å². The fourth-order valence-corrected chi connectivity index (χ4v) is 2.85. The molecule has 2 aliphatic rings. The Bertz CT molecular complexity index is 507. The molecular formula is C15H21F2N3O. The first kappa shape index (κ1) is 15.7. The van der Waals surface area contributed by atoms with Crippen molar-refractivity contribution in [3.63, 3.8) is 0 Å². The summed E-state index contributed by atoms with van der Waals surface area (Å²) in [6.07, 6.45) is -1.04. The highest BCUT2D eigenvalue weighted by atomic mass is 19.3. The lowest BCUT2D eigenvalue weighted by Crippen LogP contribution is -2.73. The maximum atomic E-state index is 12.6. The Morgan fingerprint density at radius 1 is 1.29 bits per heavy atom. The smallest absolute Gasteiger partial charge is 0.264 e. The molecule has 0 N–H and O–H groups in total. The minimum atomic E-state index is -2.46. The van der Waals surface area contributed by atoms with E-state index in [9.17, 15) is 13.6 Å². The summed E-state index contributed by atoms with van der Waals surface area (Å²) in [5, 5.41) is 0. The van der Waals surface area contributed by atoms with Gasteiger partial charge in [0.05, 0.1) is 0 Å². The monoisotopic (exact) mass is 297 g/mol. The molecule has 2 fully saturated rings. The maximum absolute atomic E-state index is 12.6. The number of nitrogens with zero attached hydrogens (tertiary/aromatic N) is 3. The number of likely N-dealkylation sites (tertiary alicyclic amines) is 1. The second-order valence-corrected chi connectivity index (χ2v) is 5.48. The first-order valence-corrected chi connectivity index (χ1v) is 7.24. The normalized spacial score (nSPS) is 18.8. The van der Waals surface area contributed by atoms with Gasteiger partial charge in [-0.3, -0.25) is 4.79 Å². The number of anilines is 1. The lowest BCUT2D eigenvalue weighted by Gasteiger charge is -2.60. The Hall–Kier alpha value is -1.72. The molecule has 0 atom stereocenters. The van der Waals surface area contributed by atoms with E-state index in [0.717, 1.165) is 26.2 Å². The number of rotatable bonds is 2. The quantitative estimate of drug-likeness (QED) is 0.842. The molecule has 2 aliphatic heterocycles. The SMILES string of the molecule is CC.CC(=O)N1CC2(C1)CN(c1cc(C(F)F)ccn1)C2. The Balaban J connectivity index is 0.000000774. The van der Waals surface area contributed by atoms with Gasteiger partial charge in [0, 0.05) is 50.3 Å². The number of pyridine rings is 1. The number of halogens is 2. The molecule has 0 aliphatic carbocycles. The Morgan fingerprint density at radius 2 is 1.90 bits per heavy atom. The van der Waals surface area contributed by atoms with Gasteiger partial charge in [-0.2, -0.15) is 0 Å². The highest BCUT2D eigenvalue weighted by Crippen LogP contribution is 2.41. The highest BCUT2D eigenvalue weighted by Gasteiger charge is 2.52. The lowest BCUT2D eigenvalue weighted by molar-refractivity contribution is -0.142. The van der Waals surface area contributed by atoms with E-state index >= 15 is 0 Å². The molecule has 116 valence electrons. The fraction of sp³-hybridized carbons (Fsp3) is 0.600. The molecule has 6 heteroatoms. The molecule has 4 nitrogen and oxygen atoms in total. The second-order valence-electron chi connectivity index (χ2n) is 5.48. The standard InChI is InChI=1S/C13H15F2N3O.C2H6/c1-9(19)17-5-13(6-17)7-18(8-13)11-4-10(12(14)15)2-3-16-11;1-2/h2-4,12H,5-8H2,1H3;1-2H3. The molecule has 0 saturated carbocycles. The van der Waals surface area contributed by atoms with Crippen LogP contribution >= 0.6 is 0 Å². The van der Waals surface area contributed by atoms with Gasteiger partial charge in [0.1, 0.15) is 5.82 Å². The molecule has 2 saturated heterocycles. The maximum Gasteiger partial charge on any atom is 0.264 e. The summed E-state index contributed by atoms with van der Waals surface area (Å²) < 4.78 is 25.2. The van der Waals surface area contributed by atoms with Crippen LogP contribution < -0.4 is 4.90 Å². The van der Waals surface area contributed by atoms with Crippen molar-refractivity contribution < 1.29 is 13.6 Å². The van der Waals surface area contributed by atoms with Crippen molar-refractivity contribution >= 4 is 11.7 Å². The van der Waals surface area contributed by atoms with Gasteiger partial charge in [-0.25, -0.2) is 13.8 Å².